The summed E-state index contributed by atoms with van der Waals surface area (Å²) in [6, 6.07) is -4.00. The number of rotatable bonds is 4. The second-order valence-corrected chi connectivity index (χ2v) is 4.72. The lowest BCUT2D eigenvalue weighted by atomic mass is 9.90. The number of carbonyl (C=O) groups is 1. The molecular formula is C10H15F2NO3. The molecule has 0 saturated heterocycles. The van der Waals surface area contributed by atoms with Gasteiger partial charge in [-0.15, -0.1) is 5.48 Å². The van der Waals surface area contributed by atoms with Crippen LogP contribution in [0.15, 0.2) is 0 Å². The summed E-state index contributed by atoms with van der Waals surface area (Å²) in [6.07, 6.45) is 4.43. The fourth-order valence-corrected chi connectivity index (χ4v) is 2.90. The summed E-state index contributed by atoms with van der Waals surface area (Å²) >= 11 is 0. The molecule has 0 aliphatic heterocycles. The largest absolute Gasteiger partial charge is 0.460 e. The summed E-state index contributed by atoms with van der Waals surface area (Å²) < 4.78 is 29.7. The number of ether oxygens (including phenoxy) is 1. The van der Waals surface area contributed by atoms with Crippen LogP contribution in [-0.2, 0) is 9.53 Å². The highest BCUT2D eigenvalue weighted by Crippen LogP contribution is 2.48. The number of hydrogen-bond acceptors (Lipinski definition) is 4. The predicted molar refractivity (Wildman–Crippen MR) is 49.8 cm³/mol. The number of hydroxylamine groups is 1. The second-order valence-electron chi connectivity index (χ2n) is 4.72. The maximum absolute atomic E-state index is 12.6. The maximum Gasteiger partial charge on any atom is 0.420 e. The van der Waals surface area contributed by atoms with Gasteiger partial charge in [0.2, 0.25) is 0 Å². The summed E-state index contributed by atoms with van der Waals surface area (Å²) in [5, 5.41) is 8.06. The van der Waals surface area contributed by atoms with Crippen LogP contribution in [0, 0.1) is 17.8 Å². The molecule has 3 unspecified atom stereocenters. The number of halogens is 2. The van der Waals surface area contributed by atoms with Crippen LogP contribution in [0.25, 0.3) is 0 Å². The van der Waals surface area contributed by atoms with E-state index >= 15 is 0 Å². The van der Waals surface area contributed by atoms with Gasteiger partial charge < -0.3 is 9.94 Å². The molecular weight excluding hydrogens is 220 g/mol. The Morgan fingerprint density at radius 3 is 2.69 bits per heavy atom. The predicted octanol–water partition coefficient (Wildman–Crippen LogP) is 1.54. The first-order valence-electron chi connectivity index (χ1n) is 5.49. The van der Waals surface area contributed by atoms with Crippen molar-refractivity contribution in [3.8, 4) is 0 Å². The van der Waals surface area contributed by atoms with Crippen LogP contribution in [0.4, 0.5) is 8.78 Å². The number of carbonyl (C=O) groups excluding carboxylic acids is 1. The van der Waals surface area contributed by atoms with Gasteiger partial charge in [0, 0.05) is 0 Å². The Labute approximate surface area is 91.9 Å². The van der Waals surface area contributed by atoms with Crippen molar-refractivity contribution in [2.45, 2.75) is 31.7 Å². The van der Waals surface area contributed by atoms with Gasteiger partial charge in [0.1, 0.15) is 0 Å². The van der Waals surface area contributed by atoms with Crippen molar-refractivity contribution in [2.24, 2.45) is 17.8 Å². The van der Waals surface area contributed by atoms with Crippen LogP contribution < -0.4 is 5.48 Å². The Morgan fingerprint density at radius 2 is 2.19 bits per heavy atom. The van der Waals surface area contributed by atoms with E-state index in [1.165, 1.54) is 6.42 Å². The zero-order chi connectivity index (χ0) is 11.8. The highest BCUT2D eigenvalue weighted by molar-refractivity contribution is 5.76. The molecule has 2 rings (SSSR count). The molecule has 2 fully saturated rings. The molecule has 2 N–H and O–H groups in total. The maximum atomic E-state index is 12.6. The molecule has 6 heteroatoms. The van der Waals surface area contributed by atoms with Gasteiger partial charge >= 0.3 is 12.0 Å². The third kappa shape index (κ3) is 2.17. The van der Waals surface area contributed by atoms with Gasteiger partial charge in [0.05, 0.1) is 6.61 Å². The van der Waals surface area contributed by atoms with Crippen LogP contribution in [-0.4, -0.2) is 23.8 Å². The molecule has 0 spiro atoms. The minimum atomic E-state index is -4.00. The van der Waals surface area contributed by atoms with Gasteiger partial charge in [-0.05, 0) is 37.0 Å². The molecule has 2 saturated carbocycles. The Morgan fingerprint density at radius 1 is 1.44 bits per heavy atom. The zero-order valence-corrected chi connectivity index (χ0v) is 8.79. The van der Waals surface area contributed by atoms with Crippen molar-refractivity contribution in [3.63, 3.8) is 0 Å². The molecule has 4 nitrogen and oxygen atoms in total. The van der Waals surface area contributed by atoms with E-state index in [1.54, 1.807) is 0 Å². The first-order valence-corrected chi connectivity index (χ1v) is 5.49. The number of alkyl halides is 2. The lowest BCUT2D eigenvalue weighted by Gasteiger charge is -2.22. The van der Waals surface area contributed by atoms with Crippen LogP contribution in [0.2, 0.25) is 0 Å². The topological polar surface area (TPSA) is 58.6 Å². The van der Waals surface area contributed by atoms with E-state index in [-0.39, 0.29) is 12.5 Å². The highest BCUT2D eigenvalue weighted by Gasteiger charge is 2.43. The molecule has 0 aromatic carbocycles. The molecule has 2 aliphatic rings. The van der Waals surface area contributed by atoms with Gasteiger partial charge in [-0.1, -0.05) is 6.42 Å². The standard InChI is InChI=1S/C10H15F2NO3/c11-10(12,13-15)9(14)16-5-8-4-6-1-2-7(8)3-6/h6-8,13,15H,1-5H2. The van der Waals surface area contributed by atoms with E-state index in [0.29, 0.717) is 17.3 Å². The van der Waals surface area contributed by atoms with Crippen LogP contribution in [0.3, 0.4) is 0 Å². The molecule has 0 aromatic heterocycles. The smallest absolute Gasteiger partial charge is 0.420 e. The van der Waals surface area contributed by atoms with Gasteiger partial charge in [-0.2, -0.15) is 8.78 Å². The van der Waals surface area contributed by atoms with Crippen LogP contribution in [0.1, 0.15) is 25.7 Å². The molecule has 16 heavy (non-hydrogen) atoms. The summed E-state index contributed by atoms with van der Waals surface area (Å²) in [5.74, 6) is -0.284. The SMILES string of the molecule is O=C(OCC1CC2CCC1C2)C(F)(F)NO. The van der Waals surface area contributed by atoms with Gasteiger partial charge in [-0.3, -0.25) is 0 Å². The zero-order valence-electron chi connectivity index (χ0n) is 8.79. The van der Waals surface area contributed by atoms with Gasteiger partial charge in [0.15, 0.2) is 0 Å². The summed E-state index contributed by atoms with van der Waals surface area (Å²) in [6.45, 7) is 0.0390. The summed E-state index contributed by atoms with van der Waals surface area (Å²) in [5.41, 5.74) is 0.643. The monoisotopic (exact) mass is 235 g/mol. The van der Waals surface area contributed by atoms with Gasteiger partial charge in [-0.25, -0.2) is 4.79 Å². The van der Waals surface area contributed by atoms with Crippen molar-refractivity contribution in [3.05, 3.63) is 0 Å². The molecule has 92 valence electrons. The number of hydrogen-bond donors (Lipinski definition) is 2. The van der Waals surface area contributed by atoms with E-state index in [2.05, 4.69) is 4.74 Å². The molecule has 2 bridgehead atoms. The van der Waals surface area contributed by atoms with E-state index < -0.39 is 12.0 Å². The van der Waals surface area contributed by atoms with Crippen molar-refractivity contribution >= 4 is 5.97 Å². The fourth-order valence-electron chi connectivity index (χ4n) is 2.90. The van der Waals surface area contributed by atoms with E-state index in [0.717, 1.165) is 19.3 Å². The Balaban J connectivity index is 1.78. The third-order valence-electron chi connectivity index (χ3n) is 3.71. The summed E-state index contributed by atoms with van der Waals surface area (Å²) in [7, 11) is 0. The van der Waals surface area contributed by atoms with E-state index in [1.807, 2.05) is 0 Å². The Bertz CT molecular complexity index is 285. The molecule has 0 heterocycles. The lowest BCUT2D eigenvalue weighted by Crippen LogP contribution is -2.44. The van der Waals surface area contributed by atoms with Crippen molar-refractivity contribution in [1.82, 2.24) is 5.48 Å². The Kier molecular flexibility index (Phi) is 3.12. The third-order valence-corrected chi connectivity index (χ3v) is 3.71. The number of esters is 1. The van der Waals surface area contributed by atoms with Crippen molar-refractivity contribution in [1.29, 1.82) is 0 Å². The van der Waals surface area contributed by atoms with E-state index in [4.69, 9.17) is 5.21 Å². The van der Waals surface area contributed by atoms with Crippen molar-refractivity contribution in [2.75, 3.05) is 6.61 Å². The average Bonchev–Trinajstić information content (AvgIpc) is 2.87. The van der Waals surface area contributed by atoms with Gasteiger partial charge in [0.25, 0.3) is 0 Å². The lowest BCUT2D eigenvalue weighted by molar-refractivity contribution is -0.196. The minimum absolute atomic E-state index is 0.0390. The molecule has 0 amide bonds. The molecule has 3 atom stereocenters. The minimum Gasteiger partial charge on any atom is -0.460 e. The first kappa shape index (κ1) is 11.7. The first-order chi connectivity index (χ1) is 7.53. The Hall–Kier alpha value is -0.750. The fraction of sp³-hybridized carbons (Fsp3) is 0.900. The number of fused-ring (bicyclic) bond motifs is 2. The second kappa shape index (κ2) is 4.25. The van der Waals surface area contributed by atoms with Crippen LogP contribution >= 0.6 is 0 Å². The summed E-state index contributed by atoms with van der Waals surface area (Å²) in [4.78, 5) is 10.9. The van der Waals surface area contributed by atoms with E-state index in [9.17, 15) is 13.6 Å². The quantitative estimate of drug-likeness (QED) is 0.441. The molecule has 0 aromatic rings. The highest BCUT2D eigenvalue weighted by atomic mass is 19.3. The van der Waals surface area contributed by atoms with Crippen molar-refractivity contribution < 1.29 is 23.5 Å². The molecule has 0 radical (unpaired) electrons. The van der Waals surface area contributed by atoms with Crippen LogP contribution in [0.5, 0.6) is 0 Å². The molecule has 2 aliphatic carbocycles. The normalized spacial score (nSPS) is 33.1. The number of nitrogens with one attached hydrogen (secondary N) is 1. The average molecular weight is 235 g/mol.